The Morgan fingerprint density at radius 2 is 2.16 bits per heavy atom. The maximum atomic E-state index is 13.6. The molecule has 0 spiro atoms. The highest BCUT2D eigenvalue weighted by Crippen LogP contribution is 2.17. The Bertz CT molecular complexity index is 511. The van der Waals surface area contributed by atoms with Gasteiger partial charge in [-0.25, -0.2) is 4.39 Å². The number of carbonyl (C=O) groups is 1. The Balaban J connectivity index is 2.85. The van der Waals surface area contributed by atoms with Crippen molar-refractivity contribution in [2.24, 2.45) is 5.92 Å². The SMILES string of the molecule is CC(C)C(Br)C(=O)N(C)Cc1cc(C#N)ccc1F. The summed E-state index contributed by atoms with van der Waals surface area (Å²) in [7, 11) is 1.62. The Kier molecular flexibility index (Phi) is 5.49. The van der Waals surface area contributed by atoms with Gasteiger partial charge in [0.05, 0.1) is 16.5 Å². The highest BCUT2D eigenvalue weighted by molar-refractivity contribution is 9.10. The van der Waals surface area contributed by atoms with Crippen LogP contribution in [-0.4, -0.2) is 22.7 Å². The molecular formula is C14H16BrFN2O. The number of rotatable bonds is 4. The van der Waals surface area contributed by atoms with E-state index in [1.807, 2.05) is 19.9 Å². The van der Waals surface area contributed by atoms with E-state index in [1.165, 1.54) is 23.1 Å². The van der Waals surface area contributed by atoms with Gasteiger partial charge in [0.1, 0.15) is 5.82 Å². The van der Waals surface area contributed by atoms with Crippen LogP contribution in [0, 0.1) is 23.1 Å². The lowest BCUT2D eigenvalue weighted by atomic mass is 10.1. The summed E-state index contributed by atoms with van der Waals surface area (Å²) in [6, 6.07) is 6.10. The zero-order valence-corrected chi connectivity index (χ0v) is 12.7. The average molecular weight is 327 g/mol. The van der Waals surface area contributed by atoms with Crippen LogP contribution in [0.1, 0.15) is 25.0 Å². The molecule has 1 rings (SSSR count). The van der Waals surface area contributed by atoms with Crippen molar-refractivity contribution >= 4 is 21.8 Å². The molecule has 0 N–H and O–H groups in total. The summed E-state index contributed by atoms with van der Waals surface area (Å²) in [4.78, 5) is 13.2. The number of halogens is 2. The van der Waals surface area contributed by atoms with Gasteiger partial charge in [-0.15, -0.1) is 0 Å². The van der Waals surface area contributed by atoms with Crippen LogP contribution in [0.4, 0.5) is 4.39 Å². The summed E-state index contributed by atoms with van der Waals surface area (Å²) in [5, 5.41) is 8.80. The first kappa shape index (κ1) is 15.6. The van der Waals surface area contributed by atoms with E-state index in [9.17, 15) is 9.18 Å². The molecule has 0 aromatic heterocycles. The van der Waals surface area contributed by atoms with Gasteiger partial charge in [-0.3, -0.25) is 4.79 Å². The second-order valence-corrected chi connectivity index (χ2v) is 5.74. The molecule has 0 radical (unpaired) electrons. The van der Waals surface area contributed by atoms with E-state index in [1.54, 1.807) is 7.05 Å². The number of amides is 1. The fourth-order valence-corrected chi connectivity index (χ4v) is 1.94. The molecule has 5 heteroatoms. The molecule has 0 bridgehead atoms. The van der Waals surface area contributed by atoms with E-state index in [-0.39, 0.29) is 23.2 Å². The van der Waals surface area contributed by atoms with Gasteiger partial charge in [0.15, 0.2) is 0 Å². The lowest BCUT2D eigenvalue weighted by Gasteiger charge is -2.22. The van der Waals surface area contributed by atoms with Crippen LogP contribution < -0.4 is 0 Å². The highest BCUT2D eigenvalue weighted by Gasteiger charge is 2.22. The zero-order valence-electron chi connectivity index (χ0n) is 11.2. The standard InChI is InChI=1S/C14H16BrFN2O/c1-9(2)13(15)14(19)18(3)8-11-6-10(7-17)4-5-12(11)16/h4-6,9,13H,8H2,1-3H3. The number of benzene rings is 1. The van der Waals surface area contributed by atoms with Gasteiger partial charge < -0.3 is 4.90 Å². The molecule has 0 saturated carbocycles. The predicted octanol–water partition coefficient (Wildman–Crippen LogP) is 3.08. The van der Waals surface area contributed by atoms with Gasteiger partial charge in [-0.2, -0.15) is 5.26 Å². The van der Waals surface area contributed by atoms with E-state index in [0.717, 1.165) is 0 Å². The number of nitriles is 1. The molecule has 0 aliphatic rings. The average Bonchev–Trinajstić information content (AvgIpc) is 2.39. The third-order valence-corrected chi connectivity index (χ3v) is 4.23. The summed E-state index contributed by atoms with van der Waals surface area (Å²) in [6.45, 7) is 4.01. The highest BCUT2D eigenvalue weighted by atomic mass is 79.9. The van der Waals surface area contributed by atoms with Gasteiger partial charge in [-0.1, -0.05) is 29.8 Å². The number of hydrogen-bond donors (Lipinski definition) is 0. The van der Waals surface area contributed by atoms with Gasteiger partial charge in [-0.05, 0) is 24.1 Å². The van der Waals surface area contributed by atoms with Crippen molar-refractivity contribution in [3.8, 4) is 6.07 Å². The van der Waals surface area contributed by atoms with Gasteiger partial charge in [0.2, 0.25) is 5.91 Å². The maximum absolute atomic E-state index is 13.6. The van der Waals surface area contributed by atoms with Crippen molar-refractivity contribution < 1.29 is 9.18 Å². The summed E-state index contributed by atoms with van der Waals surface area (Å²) in [5.74, 6) is -0.351. The third-order valence-electron chi connectivity index (χ3n) is 2.78. The first-order chi connectivity index (χ1) is 8.86. The van der Waals surface area contributed by atoms with Crippen LogP contribution in [0.3, 0.4) is 0 Å². The molecule has 3 nitrogen and oxygen atoms in total. The molecule has 1 unspecified atom stereocenters. The molecule has 102 valence electrons. The first-order valence-electron chi connectivity index (χ1n) is 5.94. The van der Waals surface area contributed by atoms with Crippen molar-refractivity contribution in [1.82, 2.24) is 4.90 Å². The Morgan fingerprint density at radius 1 is 1.53 bits per heavy atom. The topological polar surface area (TPSA) is 44.1 Å². The molecule has 0 aliphatic heterocycles. The maximum Gasteiger partial charge on any atom is 0.236 e. The smallest absolute Gasteiger partial charge is 0.236 e. The second kappa shape index (κ2) is 6.67. The molecule has 0 saturated heterocycles. The number of carbonyl (C=O) groups excluding carboxylic acids is 1. The van der Waals surface area contributed by atoms with Crippen molar-refractivity contribution in [2.45, 2.75) is 25.2 Å². The summed E-state index contributed by atoms with van der Waals surface area (Å²) in [6.07, 6.45) is 0. The molecule has 1 aromatic rings. The molecule has 0 heterocycles. The number of nitrogens with zero attached hydrogens (tertiary/aromatic N) is 2. The minimum absolute atomic E-state index is 0.100. The van der Waals surface area contributed by atoms with E-state index < -0.39 is 5.82 Å². The van der Waals surface area contributed by atoms with Gasteiger partial charge >= 0.3 is 0 Å². The molecule has 1 amide bonds. The quantitative estimate of drug-likeness (QED) is 0.798. The van der Waals surface area contributed by atoms with Gasteiger partial charge in [0, 0.05) is 19.2 Å². The van der Waals surface area contributed by atoms with Crippen LogP contribution in [0.5, 0.6) is 0 Å². The van der Waals surface area contributed by atoms with Crippen molar-refractivity contribution in [1.29, 1.82) is 5.26 Å². The fourth-order valence-electron chi connectivity index (χ4n) is 1.59. The minimum Gasteiger partial charge on any atom is -0.340 e. The largest absolute Gasteiger partial charge is 0.340 e. The first-order valence-corrected chi connectivity index (χ1v) is 6.86. The predicted molar refractivity (Wildman–Crippen MR) is 75.1 cm³/mol. The number of hydrogen-bond acceptors (Lipinski definition) is 2. The Morgan fingerprint density at radius 3 is 2.68 bits per heavy atom. The molecule has 1 atom stereocenters. The third kappa shape index (κ3) is 4.03. The summed E-state index contributed by atoms with van der Waals surface area (Å²) in [5.41, 5.74) is 0.731. The zero-order chi connectivity index (χ0) is 14.6. The monoisotopic (exact) mass is 326 g/mol. The second-order valence-electron chi connectivity index (χ2n) is 4.76. The van der Waals surface area contributed by atoms with Crippen LogP contribution in [0.25, 0.3) is 0 Å². The molecular weight excluding hydrogens is 311 g/mol. The lowest BCUT2D eigenvalue weighted by Crippen LogP contribution is -2.35. The lowest BCUT2D eigenvalue weighted by molar-refractivity contribution is -0.130. The molecule has 19 heavy (non-hydrogen) atoms. The molecule has 1 aromatic carbocycles. The van der Waals surface area contributed by atoms with E-state index in [2.05, 4.69) is 15.9 Å². The van der Waals surface area contributed by atoms with E-state index >= 15 is 0 Å². The van der Waals surface area contributed by atoms with Crippen molar-refractivity contribution in [2.75, 3.05) is 7.05 Å². The Labute approximate surface area is 121 Å². The molecule has 0 aliphatic carbocycles. The summed E-state index contributed by atoms with van der Waals surface area (Å²) >= 11 is 3.33. The van der Waals surface area contributed by atoms with Crippen molar-refractivity contribution in [3.05, 3.63) is 35.1 Å². The Hall–Kier alpha value is -1.41. The van der Waals surface area contributed by atoms with Crippen molar-refractivity contribution in [3.63, 3.8) is 0 Å². The molecule has 0 fully saturated rings. The van der Waals surface area contributed by atoms with Crippen LogP contribution in [0.15, 0.2) is 18.2 Å². The van der Waals surface area contributed by atoms with Gasteiger partial charge in [0.25, 0.3) is 0 Å². The number of alkyl halides is 1. The minimum atomic E-state index is -0.408. The van der Waals surface area contributed by atoms with E-state index in [4.69, 9.17) is 5.26 Å². The fraction of sp³-hybridized carbons (Fsp3) is 0.429. The normalized spacial score (nSPS) is 12.1. The van der Waals surface area contributed by atoms with Crippen LogP contribution in [0.2, 0.25) is 0 Å². The van der Waals surface area contributed by atoms with E-state index in [0.29, 0.717) is 11.1 Å². The van der Waals surface area contributed by atoms with Crippen LogP contribution >= 0.6 is 15.9 Å². The summed E-state index contributed by atoms with van der Waals surface area (Å²) < 4.78 is 13.6. The van der Waals surface area contributed by atoms with Crippen LogP contribution in [-0.2, 0) is 11.3 Å².